The van der Waals surface area contributed by atoms with Crippen molar-refractivity contribution in [2.45, 2.75) is 20.3 Å². The summed E-state index contributed by atoms with van der Waals surface area (Å²) in [6.07, 6.45) is 1.14. The highest BCUT2D eigenvalue weighted by Gasteiger charge is 2.20. The Bertz CT molecular complexity index is 415. The van der Waals surface area contributed by atoms with Crippen LogP contribution in [0.4, 0.5) is 0 Å². The third-order valence-electron chi connectivity index (χ3n) is 4.75. The molecule has 0 aromatic heterocycles. The number of nitrogens with one attached hydrogen (secondary N) is 1. The lowest BCUT2D eigenvalue weighted by atomic mass is 10.1. The van der Waals surface area contributed by atoms with Gasteiger partial charge in [0.1, 0.15) is 0 Å². The molecular formula is C17H33N5O2. The molecule has 1 amide bonds. The van der Waals surface area contributed by atoms with Crippen molar-refractivity contribution in [3.8, 4) is 0 Å². The number of guanidine groups is 1. The molecule has 0 aromatic carbocycles. The van der Waals surface area contributed by atoms with Crippen LogP contribution in [-0.2, 0) is 9.53 Å². The number of hydrogen-bond donors (Lipinski definition) is 1. The van der Waals surface area contributed by atoms with Crippen LogP contribution < -0.4 is 5.32 Å². The van der Waals surface area contributed by atoms with E-state index in [4.69, 9.17) is 9.73 Å². The van der Waals surface area contributed by atoms with Crippen LogP contribution in [-0.4, -0.2) is 99.2 Å². The number of carbonyl (C=O) groups is 1. The molecule has 0 aromatic rings. The first-order chi connectivity index (χ1) is 11.6. The third kappa shape index (κ3) is 5.94. The molecule has 0 spiro atoms. The van der Waals surface area contributed by atoms with Crippen molar-refractivity contribution in [2.24, 2.45) is 10.9 Å². The largest absolute Gasteiger partial charge is 0.381 e. The smallest absolute Gasteiger partial charge is 0.219 e. The molecule has 1 N–H and O–H groups in total. The summed E-state index contributed by atoms with van der Waals surface area (Å²) >= 11 is 0. The van der Waals surface area contributed by atoms with Crippen LogP contribution in [0.1, 0.15) is 20.3 Å². The maximum absolute atomic E-state index is 11.4. The van der Waals surface area contributed by atoms with Crippen LogP contribution in [0.5, 0.6) is 0 Å². The van der Waals surface area contributed by atoms with E-state index >= 15 is 0 Å². The third-order valence-corrected chi connectivity index (χ3v) is 4.75. The van der Waals surface area contributed by atoms with Gasteiger partial charge in [0.2, 0.25) is 5.91 Å². The highest BCUT2D eigenvalue weighted by Crippen LogP contribution is 2.13. The van der Waals surface area contributed by atoms with Crippen LogP contribution >= 0.6 is 0 Å². The van der Waals surface area contributed by atoms with E-state index < -0.39 is 0 Å². The minimum atomic E-state index is 0.180. The molecule has 7 heteroatoms. The molecule has 2 heterocycles. The van der Waals surface area contributed by atoms with Gasteiger partial charge in [-0.25, -0.2) is 0 Å². The second-order valence-corrected chi connectivity index (χ2v) is 6.69. The van der Waals surface area contributed by atoms with Gasteiger partial charge in [-0.05, 0) is 13.3 Å². The van der Waals surface area contributed by atoms with Crippen LogP contribution in [0, 0.1) is 5.92 Å². The summed E-state index contributed by atoms with van der Waals surface area (Å²) in [4.78, 5) is 22.7. The Kier molecular flexibility index (Phi) is 7.78. The lowest BCUT2D eigenvalue weighted by Crippen LogP contribution is -2.48. The summed E-state index contributed by atoms with van der Waals surface area (Å²) in [5.74, 6) is 1.77. The molecular weight excluding hydrogens is 306 g/mol. The molecule has 1 unspecified atom stereocenters. The monoisotopic (exact) mass is 339 g/mol. The Hall–Kier alpha value is -1.34. The average Bonchev–Trinajstić information content (AvgIpc) is 3.07. The molecule has 0 radical (unpaired) electrons. The van der Waals surface area contributed by atoms with E-state index in [1.165, 1.54) is 0 Å². The summed E-state index contributed by atoms with van der Waals surface area (Å²) in [5.41, 5.74) is 0. The summed E-state index contributed by atoms with van der Waals surface area (Å²) in [7, 11) is 2.10. The Morgan fingerprint density at radius 3 is 2.67 bits per heavy atom. The molecule has 7 nitrogen and oxygen atoms in total. The Morgan fingerprint density at radius 2 is 2.08 bits per heavy atom. The zero-order chi connectivity index (χ0) is 17.4. The first-order valence-electron chi connectivity index (χ1n) is 9.15. The van der Waals surface area contributed by atoms with E-state index in [1.807, 2.05) is 4.90 Å². The summed E-state index contributed by atoms with van der Waals surface area (Å²) in [5, 5.41) is 3.38. The molecule has 2 saturated heterocycles. The Labute approximate surface area is 146 Å². The molecule has 138 valence electrons. The topological polar surface area (TPSA) is 60.4 Å². The van der Waals surface area contributed by atoms with Gasteiger partial charge in [0.25, 0.3) is 0 Å². The molecule has 2 aliphatic rings. The van der Waals surface area contributed by atoms with E-state index in [9.17, 15) is 4.79 Å². The summed E-state index contributed by atoms with van der Waals surface area (Å²) < 4.78 is 5.46. The lowest BCUT2D eigenvalue weighted by molar-refractivity contribution is -0.130. The van der Waals surface area contributed by atoms with Gasteiger partial charge in [0.05, 0.1) is 13.2 Å². The fraction of sp³-hybridized carbons (Fsp3) is 0.882. The summed E-state index contributed by atoms with van der Waals surface area (Å²) in [6, 6.07) is 0. The van der Waals surface area contributed by atoms with Crippen LogP contribution in [0.3, 0.4) is 0 Å². The summed E-state index contributed by atoms with van der Waals surface area (Å²) in [6.45, 7) is 12.7. The maximum atomic E-state index is 11.4. The molecule has 0 aliphatic carbocycles. The fourth-order valence-corrected chi connectivity index (χ4v) is 3.25. The molecule has 2 fully saturated rings. The van der Waals surface area contributed by atoms with E-state index in [1.54, 1.807) is 6.92 Å². The fourth-order valence-electron chi connectivity index (χ4n) is 3.25. The van der Waals surface area contributed by atoms with E-state index in [0.717, 1.165) is 78.0 Å². The number of carbonyl (C=O) groups excluding carboxylic acids is 1. The minimum Gasteiger partial charge on any atom is -0.381 e. The van der Waals surface area contributed by atoms with E-state index in [-0.39, 0.29) is 5.91 Å². The number of ether oxygens (including phenoxy) is 1. The van der Waals surface area contributed by atoms with Crippen molar-refractivity contribution in [2.75, 3.05) is 72.6 Å². The molecule has 2 rings (SSSR count). The van der Waals surface area contributed by atoms with Gasteiger partial charge in [0.15, 0.2) is 5.96 Å². The van der Waals surface area contributed by atoms with Gasteiger partial charge in [-0.2, -0.15) is 0 Å². The second-order valence-electron chi connectivity index (χ2n) is 6.69. The van der Waals surface area contributed by atoms with Gasteiger partial charge >= 0.3 is 0 Å². The number of piperazine rings is 1. The van der Waals surface area contributed by atoms with Crippen LogP contribution in [0.15, 0.2) is 4.99 Å². The van der Waals surface area contributed by atoms with Gasteiger partial charge in [0, 0.05) is 72.3 Å². The average molecular weight is 339 g/mol. The van der Waals surface area contributed by atoms with Gasteiger partial charge in [-0.1, -0.05) is 0 Å². The van der Waals surface area contributed by atoms with Gasteiger partial charge < -0.3 is 19.9 Å². The highest BCUT2D eigenvalue weighted by atomic mass is 16.5. The highest BCUT2D eigenvalue weighted by molar-refractivity contribution is 5.79. The molecule has 2 aliphatic heterocycles. The van der Waals surface area contributed by atoms with E-state index in [0.29, 0.717) is 5.92 Å². The maximum Gasteiger partial charge on any atom is 0.219 e. The number of aliphatic imine (C=N–C) groups is 1. The number of nitrogens with zero attached hydrogens (tertiary/aromatic N) is 4. The van der Waals surface area contributed by atoms with Crippen LogP contribution in [0.25, 0.3) is 0 Å². The minimum absolute atomic E-state index is 0.180. The number of rotatable bonds is 6. The zero-order valence-corrected chi connectivity index (χ0v) is 15.5. The predicted molar refractivity (Wildman–Crippen MR) is 96.2 cm³/mol. The lowest BCUT2D eigenvalue weighted by Gasteiger charge is -2.34. The second kappa shape index (κ2) is 9.84. The Morgan fingerprint density at radius 1 is 1.33 bits per heavy atom. The normalized spacial score (nSPS) is 22.7. The SMILES string of the molecule is CCNC(=NCCN1CCN(C(C)=O)CC1)N(C)CC1CCOC1. The van der Waals surface area contributed by atoms with Gasteiger partial charge in [-0.3, -0.25) is 14.7 Å². The molecule has 0 saturated carbocycles. The Balaban J connectivity index is 1.75. The van der Waals surface area contributed by atoms with E-state index in [2.05, 4.69) is 29.1 Å². The number of amides is 1. The van der Waals surface area contributed by atoms with Gasteiger partial charge in [-0.15, -0.1) is 0 Å². The quantitative estimate of drug-likeness (QED) is 0.549. The first-order valence-corrected chi connectivity index (χ1v) is 9.15. The van der Waals surface area contributed by atoms with Crippen LogP contribution in [0.2, 0.25) is 0 Å². The molecule has 1 atom stereocenters. The van der Waals surface area contributed by atoms with Crippen molar-refractivity contribution >= 4 is 11.9 Å². The first kappa shape index (κ1) is 19.0. The number of hydrogen-bond acceptors (Lipinski definition) is 4. The van der Waals surface area contributed by atoms with Crippen molar-refractivity contribution in [1.29, 1.82) is 0 Å². The van der Waals surface area contributed by atoms with Crippen molar-refractivity contribution in [3.63, 3.8) is 0 Å². The molecule has 0 bridgehead atoms. The zero-order valence-electron chi connectivity index (χ0n) is 15.5. The predicted octanol–water partition coefficient (Wildman–Crippen LogP) is 0.0843. The van der Waals surface area contributed by atoms with Crippen molar-refractivity contribution < 1.29 is 9.53 Å². The van der Waals surface area contributed by atoms with Crippen molar-refractivity contribution in [3.05, 3.63) is 0 Å². The van der Waals surface area contributed by atoms with Crippen molar-refractivity contribution in [1.82, 2.24) is 20.0 Å². The standard InChI is InChI=1S/C17H33N5O2/c1-4-18-17(20(3)13-16-5-12-24-14-16)19-6-7-21-8-10-22(11-9-21)15(2)23/h16H,4-14H2,1-3H3,(H,18,19). The molecule has 24 heavy (non-hydrogen) atoms.